The zero-order chi connectivity index (χ0) is 17.1. The number of aromatic nitrogens is 2. The van der Waals surface area contributed by atoms with Crippen LogP contribution >= 0.6 is 0 Å². The van der Waals surface area contributed by atoms with Gasteiger partial charge in [-0.1, -0.05) is 25.5 Å². The maximum atomic E-state index is 12.3. The van der Waals surface area contributed by atoms with E-state index in [0.717, 1.165) is 49.3 Å². The van der Waals surface area contributed by atoms with E-state index in [4.69, 9.17) is 0 Å². The fourth-order valence-electron chi connectivity index (χ4n) is 3.15. The Balaban J connectivity index is 1.69. The third-order valence-electron chi connectivity index (χ3n) is 4.64. The molecule has 0 saturated carbocycles. The van der Waals surface area contributed by atoms with Crippen LogP contribution in [0.1, 0.15) is 32.3 Å². The molecule has 2 aromatic rings. The predicted molar refractivity (Wildman–Crippen MR) is 97.1 cm³/mol. The number of carbonyl (C=O) groups is 1. The summed E-state index contributed by atoms with van der Waals surface area (Å²) in [7, 11) is 0. The second kappa shape index (κ2) is 7.16. The van der Waals surface area contributed by atoms with Crippen molar-refractivity contribution in [3.63, 3.8) is 0 Å². The largest absolute Gasteiger partial charge is 0.352 e. The molecule has 5 heteroatoms. The maximum absolute atomic E-state index is 12.3. The van der Waals surface area contributed by atoms with Crippen LogP contribution in [-0.2, 0) is 4.79 Å². The van der Waals surface area contributed by atoms with E-state index in [1.807, 2.05) is 11.0 Å². The molecule has 0 aliphatic carbocycles. The van der Waals surface area contributed by atoms with Gasteiger partial charge in [0, 0.05) is 38.0 Å². The first-order chi connectivity index (χ1) is 11.5. The Morgan fingerprint density at radius 2 is 1.92 bits per heavy atom. The van der Waals surface area contributed by atoms with Gasteiger partial charge in [-0.3, -0.25) is 4.79 Å². The van der Waals surface area contributed by atoms with Gasteiger partial charge >= 0.3 is 0 Å². The molecule has 0 atom stereocenters. The molecule has 1 aromatic heterocycles. The number of fused-ring (bicyclic) bond motifs is 1. The summed E-state index contributed by atoms with van der Waals surface area (Å²) in [6.45, 7) is 9.60. The smallest absolute Gasteiger partial charge is 0.222 e. The van der Waals surface area contributed by atoms with E-state index in [0.29, 0.717) is 12.3 Å². The molecule has 1 fully saturated rings. The summed E-state index contributed by atoms with van der Waals surface area (Å²) in [5, 5.41) is 1.09. The van der Waals surface area contributed by atoms with Crippen molar-refractivity contribution in [3.05, 3.63) is 30.1 Å². The normalized spacial score (nSPS) is 15.3. The lowest BCUT2D eigenvalue weighted by atomic mass is 10.1. The van der Waals surface area contributed by atoms with Crippen molar-refractivity contribution in [2.75, 3.05) is 31.1 Å². The summed E-state index contributed by atoms with van der Waals surface area (Å²) in [5.74, 6) is 1.84. The highest BCUT2D eigenvalue weighted by Gasteiger charge is 2.23. The molecular formula is C19H26N4O. The predicted octanol–water partition coefficient (Wildman–Crippen LogP) is 3.02. The standard InChI is InChI=1S/C19H26N4O/c1-14(2)4-7-18(24)22-8-10-23(11-9-22)19-16-12-15(3)5-6-17(16)20-13-21-19/h5-6,12-14H,4,7-11H2,1-3H3. The number of piperazine rings is 1. The van der Waals surface area contributed by atoms with Crippen LogP contribution in [0.2, 0.25) is 0 Å². The number of benzene rings is 1. The molecule has 0 unspecified atom stereocenters. The first-order valence-electron chi connectivity index (χ1n) is 8.78. The summed E-state index contributed by atoms with van der Waals surface area (Å²) in [6.07, 6.45) is 3.26. The summed E-state index contributed by atoms with van der Waals surface area (Å²) in [4.78, 5) is 25.4. The van der Waals surface area contributed by atoms with Crippen molar-refractivity contribution in [2.24, 2.45) is 5.92 Å². The lowest BCUT2D eigenvalue weighted by molar-refractivity contribution is -0.131. The van der Waals surface area contributed by atoms with Gasteiger partial charge in [0.05, 0.1) is 5.52 Å². The second-order valence-corrected chi connectivity index (χ2v) is 7.02. The molecule has 1 amide bonds. The van der Waals surface area contributed by atoms with Crippen LogP contribution in [0.4, 0.5) is 5.82 Å². The van der Waals surface area contributed by atoms with Crippen molar-refractivity contribution >= 4 is 22.6 Å². The summed E-state index contributed by atoms with van der Waals surface area (Å²) < 4.78 is 0. The third kappa shape index (κ3) is 3.66. The molecule has 1 aromatic carbocycles. The van der Waals surface area contributed by atoms with Crippen LogP contribution in [0.15, 0.2) is 24.5 Å². The number of rotatable bonds is 4. The molecule has 3 rings (SSSR count). The molecule has 1 saturated heterocycles. The highest BCUT2D eigenvalue weighted by Crippen LogP contribution is 2.25. The van der Waals surface area contributed by atoms with Gasteiger partial charge in [0.25, 0.3) is 0 Å². The molecule has 0 N–H and O–H groups in total. The van der Waals surface area contributed by atoms with Gasteiger partial charge in [-0.25, -0.2) is 9.97 Å². The Morgan fingerprint density at radius 3 is 2.62 bits per heavy atom. The molecular weight excluding hydrogens is 300 g/mol. The van der Waals surface area contributed by atoms with Gasteiger partial charge in [-0.05, 0) is 31.4 Å². The van der Waals surface area contributed by atoms with Crippen molar-refractivity contribution in [3.8, 4) is 0 Å². The SMILES string of the molecule is Cc1ccc2ncnc(N3CCN(C(=O)CCC(C)C)CC3)c2c1. The minimum Gasteiger partial charge on any atom is -0.352 e. The summed E-state index contributed by atoms with van der Waals surface area (Å²) >= 11 is 0. The number of aryl methyl sites for hydroxylation is 1. The van der Waals surface area contributed by atoms with E-state index < -0.39 is 0 Å². The van der Waals surface area contributed by atoms with Crippen LogP contribution in [0.5, 0.6) is 0 Å². The Kier molecular flexibility index (Phi) is 4.97. The minimum absolute atomic E-state index is 0.284. The van der Waals surface area contributed by atoms with Gasteiger partial charge in [0.1, 0.15) is 12.1 Å². The van der Waals surface area contributed by atoms with E-state index in [-0.39, 0.29) is 5.91 Å². The maximum Gasteiger partial charge on any atom is 0.222 e. The van der Waals surface area contributed by atoms with Gasteiger partial charge in [0.15, 0.2) is 0 Å². The molecule has 0 bridgehead atoms. The van der Waals surface area contributed by atoms with Crippen LogP contribution in [0, 0.1) is 12.8 Å². The van der Waals surface area contributed by atoms with E-state index in [1.54, 1.807) is 6.33 Å². The van der Waals surface area contributed by atoms with E-state index in [2.05, 4.69) is 47.8 Å². The Morgan fingerprint density at radius 1 is 1.17 bits per heavy atom. The Labute approximate surface area is 143 Å². The number of amides is 1. The van der Waals surface area contributed by atoms with Crippen molar-refractivity contribution in [1.82, 2.24) is 14.9 Å². The van der Waals surface area contributed by atoms with Crippen molar-refractivity contribution in [2.45, 2.75) is 33.6 Å². The fraction of sp³-hybridized carbons (Fsp3) is 0.526. The zero-order valence-corrected chi connectivity index (χ0v) is 14.8. The average Bonchev–Trinajstić information content (AvgIpc) is 2.59. The van der Waals surface area contributed by atoms with Crippen LogP contribution in [0.25, 0.3) is 10.9 Å². The topological polar surface area (TPSA) is 49.3 Å². The Bertz CT molecular complexity index is 720. The number of carbonyl (C=O) groups excluding carboxylic acids is 1. The van der Waals surface area contributed by atoms with Crippen LogP contribution < -0.4 is 4.90 Å². The quantitative estimate of drug-likeness (QED) is 0.866. The average molecular weight is 326 g/mol. The molecule has 24 heavy (non-hydrogen) atoms. The van der Waals surface area contributed by atoms with Gasteiger partial charge in [-0.15, -0.1) is 0 Å². The summed E-state index contributed by atoms with van der Waals surface area (Å²) in [5.41, 5.74) is 2.18. The minimum atomic E-state index is 0.284. The first-order valence-corrected chi connectivity index (χ1v) is 8.78. The Hall–Kier alpha value is -2.17. The van der Waals surface area contributed by atoms with Crippen molar-refractivity contribution in [1.29, 1.82) is 0 Å². The number of anilines is 1. The lowest BCUT2D eigenvalue weighted by Crippen LogP contribution is -2.49. The molecule has 1 aliphatic rings. The lowest BCUT2D eigenvalue weighted by Gasteiger charge is -2.36. The first kappa shape index (κ1) is 16.7. The van der Waals surface area contributed by atoms with E-state index >= 15 is 0 Å². The van der Waals surface area contributed by atoms with E-state index in [9.17, 15) is 4.79 Å². The zero-order valence-electron chi connectivity index (χ0n) is 14.8. The summed E-state index contributed by atoms with van der Waals surface area (Å²) in [6, 6.07) is 6.26. The number of hydrogen-bond acceptors (Lipinski definition) is 4. The monoisotopic (exact) mass is 326 g/mol. The molecule has 2 heterocycles. The third-order valence-corrected chi connectivity index (χ3v) is 4.64. The highest BCUT2D eigenvalue weighted by atomic mass is 16.2. The fourth-order valence-corrected chi connectivity index (χ4v) is 3.15. The van der Waals surface area contributed by atoms with Gasteiger partial charge in [0.2, 0.25) is 5.91 Å². The number of nitrogens with zero attached hydrogens (tertiary/aromatic N) is 4. The van der Waals surface area contributed by atoms with Crippen LogP contribution in [0.3, 0.4) is 0 Å². The molecule has 128 valence electrons. The second-order valence-electron chi connectivity index (χ2n) is 7.02. The highest BCUT2D eigenvalue weighted by molar-refractivity contribution is 5.90. The van der Waals surface area contributed by atoms with Gasteiger partial charge < -0.3 is 9.80 Å². The van der Waals surface area contributed by atoms with Crippen molar-refractivity contribution < 1.29 is 4.79 Å². The van der Waals surface area contributed by atoms with Crippen LogP contribution in [-0.4, -0.2) is 47.0 Å². The number of hydrogen-bond donors (Lipinski definition) is 0. The molecule has 0 radical (unpaired) electrons. The molecule has 5 nitrogen and oxygen atoms in total. The molecule has 1 aliphatic heterocycles. The molecule has 0 spiro atoms. The van der Waals surface area contributed by atoms with Gasteiger partial charge in [-0.2, -0.15) is 0 Å². The van der Waals surface area contributed by atoms with E-state index in [1.165, 1.54) is 5.56 Å².